The van der Waals surface area contributed by atoms with Crippen molar-refractivity contribution in [3.05, 3.63) is 52.0 Å². The molecule has 0 saturated heterocycles. The zero-order chi connectivity index (χ0) is 15.4. The van der Waals surface area contributed by atoms with Crippen LogP contribution in [0.3, 0.4) is 0 Å². The molecule has 0 aliphatic rings. The number of carboxylic acid groups (broad SMARTS) is 1. The predicted molar refractivity (Wildman–Crippen MR) is 84.1 cm³/mol. The third-order valence-electron chi connectivity index (χ3n) is 2.89. The number of hydrogen-bond acceptors (Lipinski definition) is 3. The van der Waals surface area contributed by atoms with E-state index in [-0.39, 0.29) is 6.42 Å². The number of para-hydroxylation sites is 1. The Labute approximate surface area is 132 Å². The van der Waals surface area contributed by atoms with Crippen LogP contribution in [-0.4, -0.2) is 18.2 Å². The number of methoxy groups -OCH3 is 1. The number of aliphatic carboxylic acids is 1. The summed E-state index contributed by atoms with van der Waals surface area (Å²) >= 11 is 12.4. The molecule has 2 N–H and O–H groups in total. The molecule has 0 radical (unpaired) electrons. The summed E-state index contributed by atoms with van der Waals surface area (Å²) < 4.78 is 5.15. The van der Waals surface area contributed by atoms with Gasteiger partial charge in [0.25, 0.3) is 0 Å². The molecule has 0 saturated carbocycles. The van der Waals surface area contributed by atoms with Crippen molar-refractivity contribution >= 4 is 40.5 Å². The highest BCUT2D eigenvalue weighted by Gasteiger charge is 2.13. The second-order valence-corrected chi connectivity index (χ2v) is 5.08. The van der Waals surface area contributed by atoms with Crippen LogP contribution >= 0.6 is 23.2 Å². The van der Waals surface area contributed by atoms with Crippen LogP contribution in [0.5, 0.6) is 5.75 Å². The largest absolute Gasteiger partial charge is 0.495 e. The van der Waals surface area contributed by atoms with Gasteiger partial charge in [0.1, 0.15) is 10.8 Å². The molecule has 0 heterocycles. The van der Waals surface area contributed by atoms with Crippen LogP contribution in [0.4, 0.5) is 11.4 Å². The Balaban J connectivity index is 2.41. The van der Waals surface area contributed by atoms with E-state index < -0.39 is 5.97 Å². The van der Waals surface area contributed by atoms with E-state index in [4.69, 9.17) is 33.0 Å². The Hall–Kier alpha value is -1.91. The van der Waals surface area contributed by atoms with Crippen LogP contribution in [0.2, 0.25) is 10.0 Å². The summed E-state index contributed by atoms with van der Waals surface area (Å²) in [6, 6.07) is 10.4. The van der Waals surface area contributed by atoms with E-state index in [2.05, 4.69) is 5.32 Å². The number of hydrogen-bond donors (Lipinski definition) is 2. The fourth-order valence-electron chi connectivity index (χ4n) is 1.90. The lowest BCUT2D eigenvalue weighted by Crippen LogP contribution is -2.04. The molecule has 0 unspecified atom stereocenters. The number of carbonyl (C=O) groups is 1. The summed E-state index contributed by atoms with van der Waals surface area (Å²) in [5.74, 6) is -0.425. The number of nitrogens with one attached hydrogen (secondary N) is 1. The fraction of sp³-hybridized carbons (Fsp3) is 0.133. The van der Waals surface area contributed by atoms with E-state index in [1.807, 2.05) is 0 Å². The maximum atomic E-state index is 10.9. The summed E-state index contributed by atoms with van der Waals surface area (Å²) in [7, 11) is 1.51. The average Bonchev–Trinajstić information content (AvgIpc) is 2.44. The first kappa shape index (κ1) is 15.5. The maximum absolute atomic E-state index is 10.9. The van der Waals surface area contributed by atoms with E-state index in [9.17, 15) is 4.79 Å². The first-order valence-corrected chi connectivity index (χ1v) is 6.87. The molecule has 0 fully saturated rings. The van der Waals surface area contributed by atoms with Crippen LogP contribution in [0.15, 0.2) is 36.4 Å². The molecule has 0 amide bonds. The van der Waals surface area contributed by atoms with E-state index in [0.29, 0.717) is 32.7 Å². The van der Waals surface area contributed by atoms with Crippen molar-refractivity contribution in [1.82, 2.24) is 0 Å². The summed E-state index contributed by atoms with van der Waals surface area (Å²) in [6.45, 7) is 0. The number of rotatable bonds is 5. The van der Waals surface area contributed by atoms with Gasteiger partial charge >= 0.3 is 5.97 Å². The highest BCUT2D eigenvalue weighted by Crippen LogP contribution is 2.39. The third-order valence-corrected chi connectivity index (χ3v) is 3.58. The van der Waals surface area contributed by atoms with Gasteiger partial charge in [-0.2, -0.15) is 0 Å². The van der Waals surface area contributed by atoms with E-state index in [1.165, 1.54) is 7.11 Å². The number of halogens is 2. The summed E-state index contributed by atoms with van der Waals surface area (Å²) in [5.41, 5.74) is 1.76. The Kier molecular flexibility index (Phi) is 4.94. The zero-order valence-electron chi connectivity index (χ0n) is 11.2. The molecule has 110 valence electrons. The van der Waals surface area contributed by atoms with Gasteiger partial charge < -0.3 is 15.2 Å². The molecular weight excluding hydrogens is 313 g/mol. The highest BCUT2D eigenvalue weighted by molar-refractivity contribution is 6.40. The van der Waals surface area contributed by atoms with Crippen LogP contribution in [0, 0.1) is 0 Å². The molecule has 0 aliphatic heterocycles. The molecule has 2 aromatic carbocycles. The number of ether oxygens (including phenoxy) is 1. The summed E-state index contributed by atoms with van der Waals surface area (Å²) in [5, 5.41) is 12.8. The number of anilines is 2. The molecule has 6 heteroatoms. The first-order chi connectivity index (χ1) is 10.0. The molecule has 0 spiro atoms. The average molecular weight is 326 g/mol. The van der Waals surface area contributed by atoms with Crippen molar-refractivity contribution in [1.29, 1.82) is 0 Å². The first-order valence-electron chi connectivity index (χ1n) is 6.11. The van der Waals surface area contributed by atoms with Crippen molar-refractivity contribution in [2.24, 2.45) is 0 Å². The lowest BCUT2D eigenvalue weighted by Gasteiger charge is -2.15. The fourth-order valence-corrected chi connectivity index (χ4v) is 2.44. The van der Waals surface area contributed by atoms with Crippen molar-refractivity contribution in [2.45, 2.75) is 6.42 Å². The van der Waals surface area contributed by atoms with Crippen molar-refractivity contribution in [3.63, 3.8) is 0 Å². The Morgan fingerprint density at radius 2 is 1.95 bits per heavy atom. The molecule has 4 nitrogen and oxygen atoms in total. The van der Waals surface area contributed by atoms with E-state index >= 15 is 0 Å². The second kappa shape index (κ2) is 6.70. The van der Waals surface area contributed by atoms with Gasteiger partial charge in [0.15, 0.2) is 0 Å². The van der Waals surface area contributed by atoms with Gasteiger partial charge in [-0.15, -0.1) is 0 Å². The minimum absolute atomic E-state index is 0.0949. The van der Waals surface area contributed by atoms with Crippen LogP contribution in [-0.2, 0) is 11.2 Å². The van der Waals surface area contributed by atoms with Gasteiger partial charge in [0, 0.05) is 5.69 Å². The number of carboxylic acids is 1. The van der Waals surface area contributed by atoms with Gasteiger partial charge in [-0.05, 0) is 23.8 Å². The lowest BCUT2D eigenvalue weighted by atomic mass is 10.1. The summed E-state index contributed by atoms with van der Waals surface area (Å²) in [4.78, 5) is 10.9. The van der Waals surface area contributed by atoms with Gasteiger partial charge in [-0.1, -0.05) is 41.4 Å². The van der Waals surface area contributed by atoms with Crippen molar-refractivity contribution < 1.29 is 14.6 Å². The SMILES string of the molecule is COc1ccc(Cl)c(Nc2ccccc2CC(=O)O)c1Cl. The molecule has 2 rings (SSSR count). The monoisotopic (exact) mass is 325 g/mol. The molecule has 0 aliphatic carbocycles. The molecular formula is C15H13Cl2NO3. The minimum atomic E-state index is -0.910. The minimum Gasteiger partial charge on any atom is -0.495 e. The maximum Gasteiger partial charge on any atom is 0.307 e. The van der Waals surface area contributed by atoms with Gasteiger partial charge in [0.2, 0.25) is 0 Å². The third kappa shape index (κ3) is 3.60. The molecule has 2 aromatic rings. The van der Waals surface area contributed by atoms with Crippen molar-refractivity contribution in [2.75, 3.05) is 12.4 Å². The standard InChI is InChI=1S/C15H13Cl2NO3/c1-21-12-7-6-10(16)15(14(12)17)18-11-5-3-2-4-9(11)8-13(19)20/h2-7,18H,8H2,1H3,(H,19,20). The Morgan fingerprint density at radius 1 is 1.24 bits per heavy atom. The van der Waals surface area contributed by atoms with E-state index in [0.717, 1.165) is 0 Å². The summed E-state index contributed by atoms with van der Waals surface area (Å²) in [6.07, 6.45) is -0.0949. The smallest absolute Gasteiger partial charge is 0.307 e. The van der Waals surface area contributed by atoms with Crippen LogP contribution in [0.1, 0.15) is 5.56 Å². The topological polar surface area (TPSA) is 58.6 Å². The zero-order valence-corrected chi connectivity index (χ0v) is 12.7. The Morgan fingerprint density at radius 3 is 2.62 bits per heavy atom. The predicted octanol–water partition coefficient (Wildman–Crippen LogP) is 4.37. The quantitative estimate of drug-likeness (QED) is 0.856. The second-order valence-electron chi connectivity index (χ2n) is 4.29. The van der Waals surface area contributed by atoms with E-state index in [1.54, 1.807) is 36.4 Å². The molecule has 0 atom stereocenters. The number of benzene rings is 2. The molecule has 21 heavy (non-hydrogen) atoms. The van der Waals surface area contributed by atoms with Crippen LogP contribution < -0.4 is 10.1 Å². The van der Waals surface area contributed by atoms with Gasteiger partial charge in [-0.25, -0.2) is 0 Å². The van der Waals surface area contributed by atoms with Crippen LogP contribution in [0.25, 0.3) is 0 Å². The van der Waals surface area contributed by atoms with Gasteiger partial charge in [0.05, 0.1) is 24.2 Å². The van der Waals surface area contributed by atoms with Crippen molar-refractivity contribution in [3.8, 4) is 5.75 Å². The highest BCUT2D eigenvalue weighted by atomic mass is 35.5. The lowest BCUT2D eigenvalue weighted by molar-refractivity contribution is -0.136. The normalized spacial score (nSPS) is 10.2. The molecule has 0 bridgehead atoms. The molecule has 0 aromatic heterocycles. The Bertz CT molecular complexity index is 674. The van der Waals surface area contributed by atoms with Gasteiger partial charge in [-0.3, -0.25) is 4.79 Å².